The molecule has 0 heterocycles. The SMILES string of the molecule is Cl.FC(F)CCCC1CC1. The van der Waals surface area contributed by atoms with E-state index in [1.165, 1.54) is 12.8 Å². The van der Waals surface area contributed by atoms with E-state index in [1.54, 1.807) is 0 Å². The van der Waals surface area contributed by atoms with Gasteiger partial charge in [-0.3, -0.25) is 0 Å². The number of halogens is 3. The van der Waals surface area contributed by atoms with Crippen molar-refractivity contribution in [3.63, 3.8) is 0 Å². The van der Waals surface area contributed by atoms with Gasteiger partial charge in [0.15, 0.2) is 0 Å². The van der Waals surface area contributed by atoms with Gasteiger partial charge in [-0.25, -0.2) is 8.78 Å². The molecule has 0 nitrogen and oxygen atoms in total. The van der Waals surface area contributed by atoms with Crippen molar-refractivity contribution in [3.05, 3.63) is 0 Å². The Hall–Kier alpha value is 0.150. The lowest BCUT2D eigenvalue weighted by molar-refractivity contribution is 0.133. The van der Waals surface area contributed by atoms with Gasteiger partial charge in [-0.1, -0.05) is 19.3 Å². The molecule has 0 radical (unpaired) electrons. The molecule has 0 aromatic carbocycles. The maximum atomic E-state index is 11.5. The van der Waals surface area contributed by atoms with Gasteiger partial charge in [-0.15, -0.1) is 12.4 Å². The molecule has 0 saturated heterocycles. The van der Waals surface area contributed by atoms with Crippen molar-refractivity contribution >= 4 is 12.4 Å². The first-order valence-corrected chi connectivity index (χ1v) is 3.57. The van der Waals surface area contributed by atoms with Crippen LogP contribution >= 0.6 is 12.4 Å². The Morgan fingerprint density at radius 2 is 1.90 bits per heavy atom. The zero-order valence-electron chi connectivity index (χ0n) is 5.85. The van der Waals surface area contributed by atoms with Crippen LogP contribution in [0.3, 0.4) is 0 Å². The van der Waals surface area contributed by atoms with Gasteiger partial charge in [-0.2, -0.15) is 0 Å². The van der Waals surface area contributed by atoms with Crippen molar-refractivity contribution in [2.75, 3.05) is 0 Å². The summed E-state index contributed by atoms with van der Waals surface area (Å²) in [6.45, 7) is 0. The molecule has 0 N–H and O–H groups in total. The van der Waals surface area contributed by atoms with E-state index in [-0.39, 0.29) is 18.8 Å². The van der Waals surface area contributed by atoms with Crippen molar-refractivity contribution in [1.82, 2.24) is 0 Å². The quantitative estimate of drug-likeness (QED) is 0.608. The number of alkyl halides is 2. The molecule has 0 atom stereocenters. The van der Waals surface area contributed by atoms with E-state index in [1.807, 2.05) is 0 Å². The Morgan fingerprint density at radius 1 is 1.30 bits per heavy atom. The summed E-state index contributed by atoms with van der Waals surface area (Å²) in [5.41, 5.74) is 0. The van der Waals surface area contributed by atoms with Crippen LogP contribution in [0.1, 0.15) is 32.1 Å². The highest BCUT2D eigenvalue weighted by Crippen LogP contribution is 2.34. The predicted molar refractivity (Wildman–Crippen MR) is 39.8 cm³/mol. The third kappa shape index (κ3) is 4.98. The Bertz CT molecular complexity index is 79.7. The van der Waals surface area contributed by atoms with Gasteiger partial charge < -0.3 is 0 Å². The van der Waals surface area contributed by atoms with E-state index in [0.29, 0.717) is 0 Å². The predicted octanol–water partition coefficient (Wildman–Crippen LogP) is 3.25. The standard InChI is InChI=1S/C7H12F2.ClH/c8-7(9)3-1-2-6-4-5-6;/h6-7H,1-5H2;1H. The first-order chi connectivity index (χ1) is 4.29. The van der Waals surface area contributed by atoms with Crippen LogP contribution in [0.5, 0.6) is 0 Å². The highest BCUT2D eigenvalue weighted by atomic mass is 35.5. The Kier molecular flexibility index (Phi) is 4.96. The molecule has 0 amide bonds. The third-order valence-electron chi connectivity index (χ3n) is 1.73. The normalized spacial score (nSPS) is 17.1. The summed E-state index contributed by atoms with van der Waals surface area (Å²) in [5.74, 6) is 0.809. The number of hydrogen-bond acceptors (Lipinski definition) is 0. The third-order valence-corrected chi connectivity index (χ3v) is 1.73. The fourth-order valence-corrected chi connectivity index (χ4v) is 0.967. The first kappa shape index (κ1) is 10.2. The van der Waals surface area contributed by atoms with E-state index in [0.717, 1.165) is 18.8 Å². The molecule has 0 aliphatic heterocycles. The topological polar surface area (TPSA) is 0 Å². The van der Waals surface area contributed by atoms with Crippen LogP contribution in [0, 0.1) is 5.92 Å². The molecular formula is C7H13ClF2. The average molecular weight is 171 g/mol. The minimum atomic E-state index is -2.08. The molecule has 1 aliphatic carbocycles. The second-order valence-corrected chi connectivity index (χ2v) is 2.77. The van der Waals surface area contributed by atoms with Crippen LogP contribution in [0.2, 0.25) is 0 Å². The van der Waals surface area contributed by atoms with Crippen LogP contribution in [0.25, 0.3) is 0 Å². The Balaban J connectivity index is 0.000000810. The second kappa shape index (κ2) is 4.89. The van der Waals surface area contributed by atoms with E-state index >= 15 is 0 Å². The molecule has 0 aromatic heterocycles. The van der Waals surface area contributed by atoms with Crippen molar-refractivity contribution in [1.29, 1.82) is 0 Å². The number of rotatable bonds is 4. The largest absolute Gasteiger partial charge is 0.238 e. The molecule has 0 unspecified atom stereocenters. The summed E-state index contributed by atoms with van der Waals surface area (Å²) in [7, 11) is 0. The van der Waals surface area contributed by atoms with E-state index in [2.05, 4.69) is 0 Å². The van der Waals surface area contributed by atoms with Gasteiger partial charge in [-0.05, 0) is 12.3 Å². The molecule has 10 heavy (non-hydrogen) atoms. The fourth-order valence-electron chi connectivity index (χ4n) is 0.967. The molecule has 62 valence electrons. The monoisotopic (exact) mass is 170 g/mol. The summed E-state index contributed by atoms with van der Waals surface area (Å²) in [5, 5.41) is 0. The first-order valence-electron chi connectivity index (χ1n) is 3.57. The lowest BCUT2D eigenvalue weighted by Crippen LogP contribution is -1.89. The van der Waals surface area contributed by atoms with Gasteiger partial charge >= 0.3 is 0 Å². The lowest BCUT2D eigenvalue weighted by atomic mass is 10.2. The lowest BCUT2D eigenvalue weighted by Gasteiger charge is -1.95. The van der Waals surface area contributed by atoms with Crippen LogP contribution in [0.15, 0.2) is 0 Å². The maximum absolute atomic E-state index is 11.5. The molecule has 0 spiro atoms. The van der Waals surface area contributed by atoms with Crippen LogP contribution in [0.4, 0.5) is 8.78 Å². The van der Waals surface area contributed by atoms with Gasteiger partial charge in [0, 0.05) is 6.42 Å². The van der Waals surface area contributed by atoms with Crippen LogP contribution < -0.4 is 0 Å². The molecule has 0 bridgehead atoms. The second-order valence-electron chi connectivity index (χ2n) is 2.77. The highest BCUT2D eigenvalue weighted by Gasteiger charge is 2.20. The van der Waals surface area contributed by atoms with E-state index < -0.39 is 6.43 Å². The number of hydrogen-bond donors (Lipinski definition) is 0. The summed E-state index contributed by atoms with van der Waals surface area (Å²) < 4.78 is 23.0. The van der Waals surface area contributed by atoms with Gasteiger partial charge in [0.2, 0.25) is 6.43 Å². The summed E-state index contributed by atoms with van der Waals surface area (Å²) in [6, 6.07) is 0. The minimum Gasteiger partial charge on any atom is -0.211 e. The van der Waals surface area contributed by atoms with Gasteiger partial charge in [0.25, 0.3) is 0 Å². The van der Waals surface area contributed by atoms with Crippen LogP contribution in [-0.4, -0.2) is 6.43 Å². The zero-order valence-corrected chi connectivity index (χ0v) is 6.67. The Morgan fingerprint density at radius 3 is 2.30 bits per heavy atom. The maximum Gasteiger partial charge on any atom is 0.238 e. The molecule has 1 rings (SSSR count). The molecule has 1 aliphatic rings. The van der Waals surface area contributed by atoms with Gasteiger partial charge in [0.05, 0.1) is 0 Å². The van der Waals surface area contributed by atoms with Crippen molar-refractivity contribution < 1.29 is 8.78 Å². The molecule has 0 aromatic rings. The van der Waals surface area contributed by atoms with E-state index in [9.17, 15) is 8.78 Å². The summed E-state index contributed by atoms with van der Waals surface area (Å²) >= 11 is 0. The molecule has 3 heteroatoms. The Labute approximate surface area is 66.4 Å². The van der Waals surface area contributed by atoms with Crippen molar-refractivity contribution in [2.24, 2.45) is 5.92 Å². The smallest absolute Gasteiger partial charge is 0.211 e. The minimum absolute atomic E-state index is 0. The molecule has 1 saturated carbocycles. The molecular weight excluding hydrogens is 158 g/mol. The van der Waals surface area contributed by atoms with E-state index in [4.69, 9.17) is 0 Å². The average Bonchev–Trinajstić information content (AvgIpc) is 2.48. The van der Waals surface area contributed by atoms with Crippen molar-refractivity contribution in [2.45, 2.75) is 38.5 Å². The zero-order chi connectivity index (χ0) is 6.69. The highest BCUT2D eigenvalue weighted by molar-refractivity contribution is 5.85. The summed E-state index contributed by atoms with van der Waals surface area (Å²) in [6.07, 6.45) is 2.35. The van der Waals surface area contributed by atoms with Gasteiger partial charge in [0.1, 0.15) is 0 Å². The fraction of sp³-hybridized carbons (Fsp3) is 1.00. The van der Waals surface area contributed by atoms with Crippen LogP contribution in [-0.2, 0) is 0 Å². The molecule has 1 fully saturated rings. The summed E-state index contributed by atoms with van der Waals surface area (Å²) in [4.78, 5) is 0. The van der Waals surface area contributed by atoms with Crippen molar-refractivity contribution in [3.8, 4) is 0 Å².